The van der Waals surface area contributed by atoms with Gasteiger partial charge in [-0.1, -0.05) is 11.3 Å². The van der Waals surface area contributed by atoms with E-state index in [4.69, 9.17) is 0 Å². The normalized spacial score (nSPS) is 10.8. The predicted octanol–water partition coefficient (Wildman–Crippen LogP) is 2.66. The summed E-state index contributed by atoms with van der Waals surface area (Å²) in [6, 6.07) is 5.61. The molecule has 1 aromatic carbocycles. The van der Waals surface area contributed by atoms with E-state index in [1.807, 2.05) is 32.9 Å². The molecule has 2 rings (SSSR count). The molecule has 0 radical (unpaired) electrons. The predicted molar refractivity (Wildman–Crippen MR) is 60.4 cm³/mol. The van der Waals surface area contributed by atoms with E-state index in [1.165, 1.54) is 0 Å². The molecule has 1 aromatic heterocycles. The van der Waals surface area contributed by atoms with Crippen molar-refractivity contribution in [3.63, 3.8) is 0 Å². The van der Waals surface area contributed by atoms with Crippen LogP contribution in [-0.2, 0) is 6.67 Å². The minimum absolute atomic E-state index is 0.457. The molecule has 0 saturated carbocycles. The Bertz CT molecular complexity index is 517. The summed E-state index contributed by atoms with van der Waals surface area (Å²) in [6.45, 7) is 5.35. The van der Waals surface area contributed by atoms with Crippen molar-refractivity contribution >= 4 is 0 Å². The maximum absolute atomic E-state index is 12.7. The van der Waals surface area contributed by atoms with Gasteiger partial charge in [0.25, 0.3) is 0 Å². The zero-order valence-electron chi connectivity index (χ0n) is 9.66. The standard InChI is InChI=1S/C12H14FN3/c1-8-4-11(7-13)6-12(5-8)16-10(3)9(2)14-15-16/h4-6H,7H2,1-3H3. The third-order valence-corrected chi connectivity index (χ3v) is 2.65. The highest BCUT2D eigenvalue weighted by molar-refractivity contribution is 5.40. The fourth-order valence-electron chi connectivity index (χ4n) is 1.69. The van der Waals surface area contributed by atoms with Crippen molar-refractivity contribution in [1.29, 1.82) is 0 Å². The lowest BCUT2D eigenvalue weighted by molar-refractivity contribution is 0.485. The first-order valence-corrected chi connectivity index (χ1v) is 5.17. The van der Waals surface area contributed by atoms with Gasteiger partial charge in [0, 0.05) is 0 Å². The summed E-state index contributed by atoms with van der Waals surface area (Å²) < 4.78 is 14.4. The zero-order chi connectivity index (χ0) is 11.7. The highest BCUT2D eigenvalue weighted by Crippen LogP contribution is 2.16. The molecule has 0 aliphatic carbocycles. The quantitative estimate of drug-likeness (QED) is 0.777. The van der Waals surface area contributed by atoms with Gasteiger partial charge in [0.15, 0.2) is 0 Å². The first-order chi connectivity index (χ1) is 7.61. The monoisotopic (exact) mass is 219 g/mol. The molecule has 3 nitrogen and oxygen atoms in total. The second-order valence-corrected chi connectivity index (χ2v) is 3.98. The molecule has 0 N–H and O–H groups in total. The van der Waals surface area contributed by atoms with Gasteiger partial charge in [-0.05, 0) is 44.0 Å². The van der Waals surface area contributed by atoms with E-state index in [2.05, 4.69) is 10.3 Å². The minimum Gasteiger partial charge on any atom is -0.246 e. The van der Waals surface area contributed by atoms with Crippen molar-refractivity contribution in [3.8, 4) is 5.69 Å². The number of nitrogens with zero attached hydrogens (tertiary/aromatic N) is 3. The Morgan fingerprint density at radius 1 is 1.19 bits per heavy atom. The van der Waals surface area contributed by atoms with Crippen LogP contribution in [0.1, 0.15) is 22.5 Å². The molecule has 1 heterocycles. The van der Waals surface area contributed by atoms with Crippen LogP contribution in [0.25, 0.3) is 5.69 Å². The van der Waals surface area contributed by atoms with E-state index in [0.717, 1.165) is 22.6 Å². The molecule has 0 aliphatic heterocycles. The van der Waals surface area contributed by atoms with Crippen molar-refractivity contribution < 1.29 is 4.39 Å². The molecule has 0 fully saturated rings. The largest absolute Gasteiger partial charge is 0.246 e. The lowest BCUT2D eigenvalue weighted by atomic mass is 10.1. The lowest BCUT2D eigenvalue weighted by Crippen LogP contribution is -2.00. The molecule has 0 spiro atoms. The molecular weight excluding hydrogens is 205 g/mol. The summed E-state index contributed by atoms with van der Waals surface area (Å²) >= 11 is 0. The number of alkyl halides is 1. The van der Waals surface area contributed by atoms with Gasteiger partial charge in [0.2, 0.25) is 0 Å². The average molecular weight is 219 g/mol. The van der Waals surface area contributed by atoms with Crippen molar-refractivity contribution in [1.82, 2.24) is 15.0 Å². The smallest absolute Gasteiger partial charge is 0.115 e. The number of hydrogen-bond acceptors (Lipinski definition) is 2. The molecule has 84 valence electrons. The summed E-state index contributed by atoms with van der Waals surface area (Å²) in [5.41, 5.74) is 4.43. The number of aryl methyl sites for hydroxylation is 2. The highest BCUT2D eigenvalue weighted by Gasteiger charge is 2.07. The van der Waals surface area contributed by atoms with Gasteiger partial charge >= 0.3 is 0 Å². The van der Waals surface area contributed by atoms with Crippen LogP contribution in [0.5, 0.6) is 0 Å². The van der Waals surface area contributed by atoms with Crippen LogP contribution in [0.3, 0.4) is 0 Å². The SMILES string of the molecule is Cc1cc(CF)cc(-n2nnc(C)c2C)c1. The highest BCUT2D eigenvalue weighted by atomic mass is 19.1. The van der Waals surface area contributed by atoms with Gasteiger partial charge in [-0.3, -0.25) is 0 Å². The van der Waals surface area contributed by atoms with E-state index in [0.29, 0.717) is 5.56 Å². The van der Waals surface area contributed by atoms with Gasteiger partial charge < -0.3 is 0 Å². The Kier molecular flexibility index (Phi) is 2.73. The van der Waals surface area contributed by atoms with Crippen molar-refractivity contribution in [2.24, 2.45) is 0 Å². The van der Waals surface area contributed by atoms with E-state index in [9.17, 15) is 4.39 Å². The van der Waals surface area contributed by atoms with Gasteiger partial charge in [0.1, 0.15) is 6.67 Å². The molecule has 4 heteroatoms. The number of rotatable bonds is 2. The van der Waals surface area contributed by atoms with Crippen LogP contribution >= 0.6 is 0 Å². The lowest BCUT2D eigenvalue weighted by Gasteiger charge is -2.06. The second-order valence-electron chi connectivity index (χ2n) is 3.98. The molecule has 0 bridgehead atoms. The van der Waals surface area contributed by atoms with Crippen LogP contribution < -0.4 is 0 Å². The molecule has 0 aliphatic rings. The van der Waals surface area contributed by atoms with Crippen LogP contribution in [0.4, 0.5) is 4.39 Å². The number of hydrogen-bond donors (Lipinski definition) is 0. The summed E-state index contributed by atoms with van der Waals surface area (Å²) in [4.78, 5) is 0. The van der Waals surface area contributed by atoms with Crippen LogP contribution in [0.15, 0.2) is 18.2 Å². The molecule has 2 aromatic rings. The summed E-state index contributed by atoms with van der Waals surface area (Å²) in [5.74, 6) is 0. The summed E-state index contributed by atoms with van der Waals surface area (Å²) in [7, 11) is 0. The Balaban J connectivity index is 2.55. The van der Waals surface area contributed by atoms with Gasteiger partial charge in [-0.15, -0.1) is 5.10 Å². The maximum atomic E-state index is 12.7. The molecule has 16 heavy (non-hydrogen) atoms. The number of benzene rings is 1. The molecule has 0 unspecified atom stereocenters. The van der Waals surface area contributed by atoms with Gasteiger partial charge in [-0.25, -0.2) is 9.07 Å². The Hall–Kier alpha value is -1.71. The summed E-state index contributed by atoms with van der Waals surface area (Å²) in [5, 5.41) is 8.04. The fourth-order valence-corrected chi connectivity index (χ4v) is 1.69. The first kappa shape index (κ1) is 10.8. The molecule has 0 saturated heterocycles. The van der Waals surface area contributed by atoms with Crippen LogP contribution in [0.2, 0.25) is 0 Å². The Labute approximate surface area is 93.9 Å². The van der Waals surface area contributed by atoms with Gasteiger partial charge in [-0.2, -0.15) is 0 Å². The van der Waals surface area contributed by atoms with E-state index in [-0.39, 0.29) is 0 Å². The second kappa shape index (κ2) is 4.04. The molecular formula is C12H14FN3. The van der Waals surface area contributed by atoms with E-state index >= 15 is 0 Å². The molecule has 0 amide bonds. The number of halogens is 1. The van der Waals surface area contributed by atoms with E-state index < -0.39 is 6.67 Å². The van der Waals surface area contributed by atoms with Crippen molar-refractivity contribution in [2.45, 2.75) is 27.4 Å². The molecule has 0 atom stereocenters. The van der Waals surface area contributed by atoms with Crippen molar-refractivity contribution in [2.75, 3.05) is 0 Å². The van der Waals surface area contributed by atoms with E-state index in [1.54, 1.807) is 10.7 Å². The van der Waals surface area contributed by atoms with Crippen LogP contribution in [0, 0.1) is 20.8 Å². The maximum Gasteiger partial charge on any atom is 0.115 e. The first-order valence-electron chi connectivity index (χ1n) is 5.17. The topological polar surface area (TPSA) is 30.7 Å². The third-order valence-electron chi connectivity index (χ3n) is 2.65. The summed E-state index contributed by atoms with van der Waals surface area (Å²) in [6.07, 6.45) is 0. The average Bonchev–Trinajstić information content (AvgIpc) is 2.59. The Morgan fingerprint density at radius 3 is 2.50 bits per heavy atom. The fraction of sp³-hybridized carbons (Fsp3) is 0.333. The number of aromatic nitrogens is 3. The van der Waals surface area contributed by atoms with Crippen molar-refractivity contribution in [3.05, 3.63) is 40.7 Å². The van der Waals surface area contributed by atoms with Crippen LogP contribution in [-0.4, -0.2) is 15.0 Å². The van der Waals surface area contributed by atoms with Gasteiger partial charge in [0.05, 0.1) is 17.1 Å². The minimum atomic E-state index is -0.457. The third kappa shape index (κ3) is 1.83. The zero-order valence-corrected chi connectivity index (χ0v) is 9.66. The Morgan fingerprint density at radius 2 is 1.94 bits per heavy atom.